The Balaban J connectivity index is 2.84. The fourth-order valence-electron chi connectivity index (χ4n) is 5.51. The Labute approximate surface area is 202 Å². The van der Waals surface area contributed by atoms with Crippen LogP contribution in [-0.2, 0) is 14.4 Å². The van der Waals surface area contributed by atoms with Crippen LogP contribution in [0.5, 0.6) is 0 Å². The number of hydrazine groups is 1. The second-order valence-corrected chi connectivity index (χ2v) is 9.86. The van der Waals surface area contributed by atoms with Crippen LogP contribution in [0.3, 0.4) is 0 Å². The van der Waals surface area contributed by atoms with E-state index in [-0.39, 0.29) is 17.6 Å². The molecule has 1 saturated carbocycles. The number of nitrogens with two attached hydrogens (primary N) is 2. The fourth-order valence-corrected chi connectivity index (χ4v) is 5.51. The van der Waals surface area contributed by atoms with Crippen LogP contribution in [0.1, 0.15) is 64.9 Å². The Morgan fingerprint density at radius 1 is 1.09 bits per heavy atom. The van der Waals surface area contributed by atoms with Gasteiger partial charge in [-0.3, -0.25) is 25.0 Å². The highest BCUT2D eigenvalue weighted by Gasteiger charge is 2.56. The van der Waals surface area contributed by atoms with E-state index in [9.17, 15) is 19.6 Å². The molecular weight excluding hydrogens is 432 g/mol. The molecule has 1 unspecified atom stereocenters. The highest BCUT2D eigenvalue weighted by atomic mass is 16.5. The number of carbonyl (C=O) groups is 3. The maximum Gasteiger partial charge on any atom is 0.248 e. The summed E-state index contributed by atoms with van der Waals surface area (Å²) in [6.45, 7) is 5.46. The molecule has 1 aromatic carbocycles. The molecule has 7 N–H and O–H groups in total. The minimum Gasteiger partial charge on any atom is -0.322 e. The van der Waals surface area contributed by atoms with Gasteiger partial charge < -0.3 is 5.73 Å². The average molecular weight is 473 g/mol. The van der Waals surface area contributed by atoms with Crippen molar-refractivity contribution in [2.75, 3.05) is 0 Å². The van der Waals surface area contributed by atoms with Crippen molar-refractivity contribution in [2.24, 2.45) is 40.7 Å². The highest BCUT2D eigenvalue weighted by molar-refractivity contribution is 5.99. The van der Waals surface area contributed by atoms with Crippen molar-refractivity contribution in [3.63, 3.8) is 0 Å². The number of hydrogen-bond acceptors (Lipinski definition) is 6. The van der Waals surface area contributed by atoms with Crippen LogP contribution in [0, 0.1) is 29.1 Å². The van der Waals surface area contributed by atoms with Crippen LogP contribution in [-0.4, -0.2) is 28.8 Å². The van der Waals surface area contributed by atoms with Crippen molar-refractivity contribution in [3.8, 4) is 0 Å². The number of amides is 2. The first kappa shape index (κ1) is 27.7. The Morgan fingerprint density at radius 2 is 1.71 bits per heavy atom. The van der Waals surface area contributed by atoms with E-state index in [2.05, 4.69) is 5.43 Å². The number of benzene rings is 1. The molecule has 0 radical (unpaired) electrons. The zero-order valence-corrected chi connectivity index (χ0v) is 20.5. The van der Waals surface area contributed by atoms with Crippen molar-refractivity contribution < 1.29 is 19.6 Å². The molecule has 2 amide bonds. The number of rotatable bonds is 11. The van der Waals surface area contributed by atoms with Gasteiger partial charge in [-0.25, -0.2) is 11.3 Å². The molecule has 34 heavy (non-hydrogen) atoms. The summed E-state index contributed by atoms with van der Waals surface area (Å²) in [6, 6.07) is 8.59. The van der Waals surface area contributed by atoms with Gasteiger partial charge in [-0.2, -0.15) is 0 Å². The summed E-state index contributed by atoms with van der Waals surface area (Å²) < 4.78 is 0. The second-order valence-electron chi connectivity index (χ2n) is 9.86. The van der Waals surface area contributed by atoms with Gasteiger partial charge in [0.15, 0.2) is 5.78 Å². The largest absolute Gasteiger partial charge is 0.322 e. The van der Waals surface area contributed by atoms with E-state index in [1.54, 1.807) is 18.5 Å². The van der Waals surface area contributed by atoms with Crippen LogP contribution in [0.2, 0.25) is 0 Å². The molecule has 1 aliphatic rings. The molecule has 2 rings (SSSR count). The number of carbonyl (C=O) groups excluding carboxylic acids is 3. The van der Waals surface area contributed by atoms with Crippen LogP contribution < -0.4 is 22.5 Å². The molecule has 1 aliphatic carbocycles. The molecule has 0 spiro atoms. The Bertz CT molecular complexity index is 850. The number of hydroxylamine groups is 1. The summed E-state index contributed by atoms with van der Waals surface area (Å²) in [5.41, 5.74) is 9.57. The molecule has 1 fully saturated rings. The lowest BCUT2D eigenvalue weighted by Gasteiger charge is -2.47. The van der Waals surface area contributed by atoms with Gasteiger partial charge in [0.25, 0.3) is 0 Å². The summed E-state index contributed by atoms with van der Waals surface area (Å²) in [6.07, 6.45) is 8.17. The molecular formula is C26H40N4O4. The first-order valence-corrected chi connectivity index (χ1v) is 12.2. The van der Waals surface area contributed by atoms with E-state index in [1.165, 1.54) is 0 Å². The van der Waals surface area contributed by atoms with Gasteiger partial charge in [-0.15, -0.1) is 0 Å². The smallest absolute Gasteiger partial charge is 0.248 e. The highest BCUT2D eigenvalue weighted by Crippen LogP contribution is 2.50. The van der Waals surface area contributed by atoms with Crippen molar-refractivity contribution in [1.29, 1.82) is 0 Å². The summed E-state index contributed by atoms with van der Waals surface area (Å²) >= 11 is 0. The van der Waals surface area contributed by atoms with E-state index in [0.29, 0.717) is 19.3 Å². The van der Waals surface area contributed by atoms with Gasteiger partial charge in [-0.1, -0.05) is 75.6 Å². The molecule has 0 aromatic heterocycles. The lowest BCUT2D eigenvalue weighted by molar-refractivity contribution is -0.154. The van der Waals surface area contributed by atoms with Gasteiger partial charge >= 0.3 is 0 Å². The standard InChI is InChI=1S/C26H40N4O4/c1-17(2)16-21(24(32)29-28)22(25(33)30-34)26(23(31)18(3)27,20-12-8-5-9-13-20)15-14-19-10-6-4-7-11-19/h4,6-7,10-11,14-15,17-18,20-22,34H,5,8-9,12-13,16,27-28H2,1-3H3,(H,29,32)(H,30,33)/b15-14+/t18-,21-,22-,26?/m1/s1. The molecule has 4 atom stereocenters. The van der Waals surface area contributed by atoms with Gasteiger partial charge in [0.05, 0.1) is 23.3 Å². The minimum absolute atomic E-state index is 0.0313. The molecule has 0 saturated heterocycles. The molecule has 0 bridgehead atoms. The topological polar surface area (TPSA) is 148 Å². The van der Waals surface area contributed by atoms with E-state index in [1.807, 2.05) is 50.3 Å². The van der Waals surface area contributed by atoms with Gasteiger partial charge in [0.1, 0.15) is 0 Å². The molecule has 0 aliphatic heterocycles. The van der Waals surface area contributed by atoms with Crippen molar-refractivity contribution >= 4 is 23.7 Å². The number of hydrogen-bond donors (Lipinski definition) is 5. The Hall–Kier alpha value is -2.55. The summed E-state index contributed by atoms with van der Waals surface area (Å²) in [4.78, 5) is 40.5. The van der Waals surface area contributed by atoms with Gasteiger partial charge in [-0.05, 0) is 43.6 Å². The van der Waals surface area contributed by atoms with E-state index in [4.69, 9.17) is 11.6 Å². The number of nitrogens with one attached hydrogen (secondary N) is 2. The lowest BCUT2D eigenvalue weighted by atomic mass is 9.54. The fraction of sp³-hybridized carbons (Fsp3) is 0.577. The maximum atomic E-state index is 14.0. The SMILES string of the molecule is CC(C)C[C@@H](C(=O)NN)[C@H](C(=O)NO)C(/C=C/c1ccccc1)(C(=O)[C@@H](C)N)C1CCCCC1. The van der Waals surface area contributed by atoms with Crippen LogP contribution in [0.25, 0.3) is 6.08 Å². The Morgan fingerprint density at radius 3 is 2.21 bits per heavy atom. The van der Waals surface area contributed by atoms with Crippen LogP contribution in [0.15, 0.2) is 36.4 Å². The van der Waals surface area contributed by atoms with E-state index < -0.39 is 35.1 Å². The van der Waals surface area contributed by atoms with E-state index in [0.717, 1.165) is 24.8 Å². The van der Waals surface area contributed by atoms with Crippen molar-refractivity contribution in [2.45, 2.75) is 65.3 Å². The quantitative estimate of drug-likeness (QED) is 0.145. The van der Waals surface area contributed by atoms with Gasteiger partial charge in [0.2, 0.25) is 11.8 Å². The van der Waals surface area contributed by atoms with E-state index >= 15 is 0 Å². The van der Waals surface area contributed by atoms with Crippen molar-refractivity contribution in [1.82, 2.24) is 10.9 Å². The third kappa shape index (κ3) is 6.31. The predicted molar refractivity (Wildman–Crippen MR) is 132 cm³/mol. The molecule has 8 heteroatoms. The molecule has 1 aromatic rings. The predicted octanol–water partition coefficient (Wildman–Crippen LogP) is 2.96. The second kappa shape index (κ2) is 12.8. The van der Waals surface area contributed by atoms with Crippen LogP contribution >= 0.6 is 0 Å². The molecule has 188 valence electrons. The summed E-state index contributed by atoms with van der Waals surface area (Å²) in [5, 5.41) is 9.78. The zero-order valence-electron chi connectivity index (χ0n) is 20.5. The number of Topliss-reactive ketones (excluding diaryl/α,β-unsaturated/α-hetero) is 1. The summed E-state index contributed by atoms with van der Waals surface area (Å²) in [5.74, 6) is 1.55. The zero-order chi connectivity index (χ0) is 25.3. The van der Waals surface area contributed by atoms with Crippen molar-refractivity contribution in [3.05, 3.63) is 42.0 Å². The average Bonchev–Trinajstić information content (AvgIpc) is 2.85. The minimum atomic E-state index is -1.40. The molecule has 0 heterocycles. The van der Waals surface area contributed by atoms with Gasteiger partial charge in [0, 0.05) is 0 Å². The normalized spacial score (nSPS) is 19.3. The first-order chi connectivity index (χ1) is 16.2. The number of allylic oxidation sites excluding steroid dienone is 1. The Kier molecular flexibility index (Phi) is 10.4. The molecule has 8 nitrogen and oxygen atoms in total. The first-order valence-electron chi connectivity index (χ1n) is 12.2. The third-order valence-electron chi connectivity index (χ3n) is 6.99. The monoisotopic (exact) mass is 472 g/mol. The third-order valence-corrected chi connectivity index (χ3v) is 6.99. The summed E-state index contributed by atoms with van der Waals surface area (Å²) in [7, 11) is 0. The maximum absolute atomic E-state index is 14.0. The van der Waals surface area contributed by atoms with Crippen LogP contribution in [0.4, 0.5) is 0 Å². The number of ketones is 1. The lowest BCUT2D eigenvalue weighted by Crippen LogP contribution is -2.59.